The first-order chi connectivity index (χ1) is 14.0. The normalized spacial score (nSPS) is 10.6. The lowest BCUT2D eigenvalue weighted by Gasteiger charge is -2.05. The fourth-order valence-corrected chi connectivity index (χ4v) is 4.04. The molecule has 3 rings (SSSR count). The van der Waals surface area contributed by atoms with Crippen LogP contribution in [0.15, 0.2) is 52.9 Å². The second-order valence-corrected chi connectivity index (χ2v) is 8.29. The number of thioether (sulfide) groups is 1. The molecule has 29 heavy (non-hydrogen) atoms. The topological polar surface area (TPSA) is 84.0 Å². The highest BCUT2D eigenvalue weighted by Crippen LogP contribution is 2.28. The molecule has 1 amide bonds. The van der Waals surface area contributed by atoms with Gasteiger partial charge >= 0.3 is 0 Å². The Morgan fingerprint density at radius 1 is 1.03 bits per heavy atom. The lowest BCUT2D eigenvalue weighted by molar-refractivity contribution is -0.116. The van der Waals surface area contributed by atoms with Crippen molar-refractivity contribution in [3.63, 3.8) is 0 Å². The Kier molecular flexibility index (Phi) is 7.31. The number of aromatic nitrogens is 2. The minimum atomic E-state index is -0.307. The number of nitrogens with zero attached hydrogens (tertiary/aromatic N) is 2. The number of Topliss-reactive ketones (excluding diaryl/α,β-unsaturated/α-hetero) is 1. The second-order valence-electron chi connectivity index (χ2n) is 6.09. The first kappa shape index (κ1) is 20.9. The summed E-state index contributed by atoms with van der Waals surface area (Å²) in [4.78, 5) is 24.0. The molecular weight excluding hydrogens is 411 g/mol. The van der Waals surface area contributed by atoms with E-state index in [9.17, 15) is 14.0 Å². The molecule has 0 saturated carbocycles. The van der Waals surface area contributed by atoms with Gasteiger partial charge < -0.3 is 10.6 Å². The highest BCUT2D eigenvalue weighted by molar-refractivity contribution is 8.01. The molecule has 9 heteroatoms. The van der Waals surface area contributed by atoms with Crippen molar-refractivity contribution in [2.45, 2.75) is 24.1 Å². The van der Waals surface area contributed by atoms with E-state index in [1.54, 1.807) is 36.4 Å². The molecule has 0 aliphatic rings. The van der Waals surface area contributed by atoms with Crippen molar-refractivity contribution < 1.29 is 14.0 Å². The van der Waals surface area contributed by atoms with Gasteiger partial charge in [-0.1, -0.05) is 30.0 Å². The second kappa shape index (κ2) is 10.1. The van der Waals surface area contributed by atoms with E-state index in [2.05, 4.69) is 20.8 Å². The van der Waals surface area contributed by atoms with Gasteiger partial charge in [-0.15, -0.1) is 10.2 Å². The highest BCUT2D eigenvalue weighted by Gasteiger charge is 2.11. The Labute approximate surface area is 175 Å². The van der Waals surface area contributed by atoms with Gasteiger partial charge in [0.05, 0.1) is 5.75 Å². The van der Waals surface area contributed by atoms with Crippen LogP contribution in [0.3, 0.4) is 0 Å². The van der Waals surface area contributed by atoms with Gasteiger partial charge in [0.15, 0.2) is 10.1 Å². The maximum atomic E-state index is 12.9. The quantitative estimate of drug-likeness (QED) is 0.361. The number of ketones is 1. The van der Waals surface area contributed by atoms with Crippen LogP contribution in [0.2, 0.25) is 0 Å². The molecule has 0 bridgehead atoms. The van der Waals surface area contributed by atoms with Crippen LogP contribution in [0.1, 0.15) is 30.1 Å². The fraction of sp³-hybridized carbons (Fsp3) is 0.200. The van der Waals surface area contributed by atoms with Gasteiger partial charge in [-0.05, 0) is 55.0 Å². The van der Waals surface area contributed by atoms with Gasteiger partial charge in [0.25, 0.3) is 0 Å². The van der Waals surface area contributed by atoms with Crippen LogP contribution in [-0.2, 0) is 4.79 Å². The Balaban J connectivity index is 1.51. The standard InChI is InChI=1S/C20H19FN4O2S2/c1-2-3-18(27)22-15-8-4-13(5-9-15)17(26)12-28-20-25-24-19(29-20)23-16-10-6-14(21)7-11-16/h4-11H,2-3,12H2,1H3,(H,22,27)(H,23,24). The minimum Gasteiger partial charge on any atom is -0.330 e. The van der Waals surface area contributed by atoms with Crippen LogP contribution >= 0.6 is 23.1 Å². The third kappa shape index (κ3) is 6.37. The molecule has 0 atom stereocenters. The van der Waals surface area contributed by atoms with Gasteiger partial charge in [-0.2, -0.15) is 0 Å². The van der Waals surface area contributed by atoms with Crippen molar-refractivity contribution in [2.75, 3.05) is 16.4 Å². The minimum absolute atomic E-state index is 0.0373. The SMILES string of the molecule is CCCC(=O)Nc1ccc(C(=O)CSc2nnc(Nc3ccc(F)cc3)s2)cc1. The van der Waals surface area contributed by atoms with Crippen LogP contribution in [-0.4, -0.2) is 27.6 Å². The molecule has 150 valence electrons. The van der Waals surface area contributed by atoms with Crippen LogP contribution in [0.5, 0.6) is 0 Å². The van der Waals surface area contributed by atoms with E-state index in [0.29, 0.717) is 32.8 Å². The van der Waals surface area contributed by atoms with Crippen molar-refractivity contribution in [2.24, 2.45) is 0 Å². The summed E-state index contributed by atoms with van der Waals surface area (Å²) >= 11 is 2.62. The van der Waals surface area contributed by atoms with Gasteiger partial charge in [0.2, 0.25) is 11.0 Å². The Morgan fingerprint density at radius 3 is 2.41 bits per heavy atom. The number of nitrogens with one attached hydrogen (secondary N) is 2. The molecule has 0 aliphatic carbocycles. The van der Waals surface area contributed by atoms with Crippen LogP contribution in [0.4, 0.5) is 20.9 Å². The van der Waals surface area contributed by atoms with Crippen molar-refractivity contribution in [1.29, 1.82) is 0 Å². The predicted octanol–water partition coefficient (Wildman–Crippen LogP) is 5.13. The molecule has 2 aromatic carbocycles. The zero-order chi connectivity index (χ0) is 20.6. The maximum absolute atomic E-state index is 12.9. The number of carbonyl (C=O) groups excluding carboxylic acids is 2. The summed E-state index contributed by atoms with van der Waals surface area (Å²) in [5.74, 6) is -0.153. The summed E-state index contributed by atoms with van der Waals surface area (Å²) in [6.07, 6.45) is 1.25. The summed E-state index contributed by atoms with van der Waals surface area (Å²) in [6.45, 7) is 1.94. The molecule has 1 aromatic heterocycles. The Morgan fingerprint density at radius 2 is 1.72 bits per heavy atom. The molecule has 0 radical (unpaired) electrons. The average Bonchev–Trinajstić information content (AvgIpc) is 3.16. The van der Waals surface area contributed by atoms with Crippen molar-refractivity contribution >= 4 is 51.3 Å². The summed E-state index contributed by atoms with van der Waals surface area (Å²) < 4.78 is 13.6. The fourth-order valence-electron chi connectivity index (χ4n) is 2.38. The van der Waals surface area contributed by atoms with Gasteiger partial charge in [-0.3, -0.25) is 9.59 Å². The van der Waals surface area contributed by atoms with E-state index < -0.39 is 0 Å². The molecule has 3 aromatic rings. The van der Waals surface area contributed by atoms with Crippen molar-refractivity contribution in [3.05, 3.63) is 59.9 Å². The Bertz CT molecular complexity index is 975. The molecule has 6 nitrogen and oxygen atoms in total. The lowest BCUT2D eigenvalue weighted by atomic mass is 10.1. The number of benzene rings is 2. The van der Waals surface area contributed by atoms with Gasteiger partial charge in [0.1, 0.15) is 5.82 Å². The summed E-state index contributed by atoms with van der Waals surface area (Å²) in [6, 6.07) is 12.8. The van der Waals surface area contributed by atoms with E-state index in [4.69, 9.17) is 0 Å². The van der Waals surface area contributed by atoms with Crippen molar-refractivity contribution in [3.8, 4) is 0 Å². The molecule has 2 N–H and O–H groups in total. The van der Waals surface area contributed by atoms with E-state index in [0.717, 1.165) is 6.42 Å². The number of anilines is 3. The zero-order valence-corrected chi connectivity index (χ0v) is 17.3. The van der Waals surface area contributed by atoms with E-state index in [1.807, 2.05) is 6.92 Å². The summed E-state index contributed by atoms with van der Waals surface area (Å²) in [7, 11) is 0. The molecule has 0 aliphatic heterocycles. The lowest BCUT2D eigenvalue weighted by Crippen LogP contribution is -2.10. The van der Waals surface area contributed by atoms with E-state index in [-0.39, 0.29) is 23.3 Å². The van der Waals surface area contributed by atoms with Gasteiger partial charge in [-0.25, -0.2) is 4.39 Å². The summed E-state index contributed by atoms with van der Waals surface area (Å²) in [5, 5.41) is 14.5. The molecular formula is C20H19FN4O2S2. The molecule has 1 heterocycles. The van der Waals surface area contributed by atoms with Crippen molar-refractivity contribution in [1.82, 2.24) is 10.2 Å². The molecule has 0 fully saturated rings. The third-order valence-corrected chi connectivity index (χ3v) is 5.77. The van der Waals surface area contributed by atoms with Crippen LogP contribution in [0, 0.1) is 5.82 Å². The molecule has 0 saturated heterocycles. The third-order valence-electron chi connectivity index (χ3n) is 3.80. The molecule has 0 unspecified atom stereocenters. The number of carbonyl (C=O) groups is 2. The number of halogens is 1. The van der Waals surface area contributed by atoms with E-state index in [1.165, 1.54) is 35.2 Å². The number of rotatable bonds is 9. The maximum Gasteiger partial charge on any atom is 0.224 e. The smallest absolute Gasteiger partial charge is 0.224 e. The predicted molar refractivity (Wildman–Crippen MR) is 115 cm³/mol. The summed E-state index contributed by atoms with van der Waals surface area (Å²) in [5.41, 5.74) is 1.95. The number of amides is 1. The molecule has 0 spiro atoms. The number of hydrogen-bond acceptors (Lipinski definition) is 7. The van der Waals surface area contributed by atoms with Gasteiger partial charge in [0, 0.05) is 23.4 Å². The monoisotopic (exact) mass is 430 g/mol. The highest BCUT2D eigenvalue weighted by atomic mass is 32.2. The van der Waals surface area contributed by atoms with Crippen LogP contribution in [0.25, 0.3) is 0 Å². The number of hydrogen-bond donors (Lipinski definition) is 2. The first-order valence-corrected chi connectivity index (χ1v) is 10.8. The first-order valence-electron chi connectivity index (χ1n) is 8.95. The zero-order valence-electron chi connectivity index (χ0n) is 15.6. The van der Waals surface area contributed by atoms with Crippen LogP contribution < -0.4 is 10.6 Å². The Hall–Kier alpha value is -2.78. The van der Waals surface area contributed by atoms with E-state index >= 15 is 0 Å². The average molecular weight is 431 g/mol. The largest absolute Gasteiger partial charge is 0.330 e.